The fourth-order valence-electron chi connectivity index (χ4n) is 3.08. The number of ether oxygens (including phenoxy) is 3. The van der Waals surface area contributed by atoms with Crippen molar-refractivity contribution in [1.29, 1.82) is 0 Å². The highest BCUT2D eigenvalue weighted by Crippen LogP contribution is 2.31. The molecule has 0 amide bonds. The van der Waals surface area contributed by atoms with Gasteiger partial charge < -0.3 is 14.2 Å². The van der Waals surface area contributed by atoms with Crippen molar-refractivity contribution in [3.63, 3.8) is 0 Å². The first kappa shape index (κ1) is 20.2. The van der Waals surface area contributed by atoms with E-state index in [1.807, 2.05) is 6.07 Å². The molecule has 0 saturated carbocycles. The summed E-state index contributed by atoms with van der Waals surface area (Å²) >= 11 is 0. The zero-order valence-corrected chi connectivity index (χ0v) is 15.8. The lowest BCUT2D eigenvalue weighted by Crippen LogP contribution is -2.34. The lowest BCUT2D eigenvalue weighted by Gasteiger charge is -2.19. The van der Waals surface area contributed by atoms with Gasteiger partial charge in [0.05, 0.1) is 32.0 Å². The molecule has 2 aromatic carbocycles. The fraction of sp³-hybridized carbons (Fsp3) is 0.182. The Kier molecular flexibility index (Phi) is 5.99. The van der Waals surface area contributed by atoms with Gasteiger partial charge in [-0.1, -0.05) is 54.6 Å². The summed E-state index contributed by atoms with van der Waals surface area (Å²) in [7, 11) is 2.21. The first-order chi connectivity index (χ1) is 14.0. The number of fused-ring (bicyclic) bond motifs is 1. The summed E-state index contributed by atoms with van der Waals surface area (Å²) in [6, 6.07) is 15.1. The van der Waals surface area contributed by atoms with Gasteiger partial charge in [-0.25, -0.2) is 9.59 Å². The SMILES string of the molecule is COC(=O)C(=C1C(=O)c2ccccc2C1=O)C(OCc1ccccc1)C(=O)OC. The Labute approximate surface area is 166 Å². The number of hydrogen-bond donors (Lipinski definition) is 0. The summed E-state index contributed by atoms with van der Waals surface area (Å²) < 4.78 is 15.2. The van der Waals surface area contributed by atoms with Crippen molar-refractivity contribution in [3.05, 3.63) is 82.4 Å². The van der Waals surface area contributed by atoms with Crippen molar-refractivity contribution in [2.45, 2.75) is 12.7 Å². The Morgan fingerprint density at radius 2 is 1.38 bits per heavy atom. The Bertz CT molecular complexity index is 968. The van der Waals surface area contributed by atoms with Gasteiger partial charge in [0.15, 0.2) is 17.7 Å². The number of rotatable bonds is 6. The van der Waals surface area contributed by atoms with Gasteiger partial charge >= 0.3 is 11.9 Å². The molecule has 2 aromatic rings. The molecule has 0 saturated heterocycles. The maximum absolute atomic E-state index is 12.9. The molecule has 1 unspecified atom stereocenters. The second kappa shape index (κ2) is 8.62. The topological polar surface area (TPSA) is 96.0 Å². The average molecular weight is 394 g/mol. The lowest BCUT2D eigenvalue weighted by molar-refractivity contribution is -0.155. The number of esters is 2. The molecule has 0 N–H and O–H groups in total. The van der Waals surface area contributed by atoms with Crippen LogP contribution < -0.4 is 0 Å². The largest absolute Gasteiger partial charge is 0.467 e. The number of carbonyl (C=O) groups is 4. The van der Waals surface area contributed by atoms with Crippen molar-refractivity contribution in [2.24, 2.45) is 0 Å². The minimum atomic E-state index is -1.61. The number of ketones is 2. The quantitative estimate of drug-likeness (QED) is 0.421. The number of benzene rings is 2. The minimum absolute atomic E-state index is 0.0519. The van der Waals surface area contributed by atoms with Crippen LogP contribution in [0.3, 0.4) is 0 Å². The molecule has 0 spiro atoms. The predicted molar refractivity (Wildman–Crippen MR) is 101 cm³/mol. The normalized spacial score (nSPS) is 13.7. The van der Waals surface area contributed by atoms with Crippen molar-refractivity contribution < 1.29 is 33.4 Å². The molecule has 0 radical (unpaired) electrons. The molecule has 0 bridgehead atoms. The van der Waals surface area contributed by atoms with Crippen molar-refractivity contribution in [2.75, 3.05) is 14.2 Å². The number of allylic oxidation sites excluding steroid dienone is 1. The highest BCUT2D eigenvalue weighted by molar-refractivity contribution is 6.41. The molecule has 0 aromatic heterocycles. The number of carbonyl (C=O) groups excluding carboxylic acids is 4. The van der Waals surface area contributed by atoms with Crippen LogP contribution in [0.5, 0.6) is 0 Å². The van der Waals surface area contributed by atoms with E-state index in [4.69, 9.17) is 14.2 Å². The monoisotopic (exact) mass is 394 g/mol. The first-order valence-corrected chi connectivity index (χ1v) is 8.73. The average Bonchev–Trinajstić information content (AvgIpc) is 3.01. The van der Waals surface area contributed by atoms with E-state index in [0.29, 0.717) is 0 Å². The summed E-state index contributed by atoms with van der Waals surface area (Å²) in [5, 5.41) is 0. The molecule has 7 heteroatoms. The minimum Gasteiger partial charge on any atom is -0.467 e. The van der Waals surface area contributed by atoms with Gasteiger partial charge in [0.25, 0.3) is 0 Å². The fourth-order valence-corrected chi connectivity index (χ4v) is 3.08. The zero-order valence-electron chi connectivity index (χ0n) is 15.8. The van der Waals surface area contributed by atoms with E-state index in [2.05, 4.69) is 0 Å². The highest BCUT2D eigenvalue weighted by atomic mass is 16.6. The van der Waals surface area contributed by atoms with Crippen LogP contribution in [-0.2, 0) is 30.4 Å². The Hall–Kier alpha value is -3.58. The molecule has 3 rings (SSSR count). The standard InChI is InChI=1S/C22H18O7/c1-27-21(25)17(16-18(23)14-10-6-7-11-15(14)19(16)24)20(22(26)28-2)29-12-13-8-4-3-5-9-13/h3-11,20H,12H2,1-2H3. The van der Waals surface area contributed by atoms with Crippen molar-refractivity contribution >= 4 is 23.5 Å². The number of methoxy groups -OCH3 is 2. The van der Waals surface area contributed by atoms with Crippen molar-refractivity contribution in [3.8, 4) is 0 Å². The molecule has 1 aliphatic rings. The molecular weight excluding hydrogens is 376 g/mol. The van der Waals surface area contributed by atoms with Gasteiger partial charge in [-0.15, -0.1) is 0 Å². The summed E-state index contributed by atoms with van der Waals surface area (Å²) in [6.07, 6.45) is -1.61. The van der Waals surface area contributed by atoms with Crippen LogP contribution in [0.4, 0.5) is 0 Å². The van der Waals surface area contributed by atoms with Gasteiger partial charge in [-0.05, 0) is 5.56 Å². The highest BCUT2D eigenvalue weighted by Gasteiger charge is 2.42. The molecule has 0 heterocycles. The van der Waals surface area contributed by atoms with Gasteiger partial charge in [0.1, 0.15) is 0 Å². The first-order valence-electron chi connectivity index (χ1n) is 8.73. The van der Waals surface area contributed by atoms with E-state index in [1.165, 1.54) is 12.1 Å². The van der Waals surface area contributed by atoms with Crippen LogP contribution in [0.15, 0.2) is 65.7 Å². The summed E-state index contributed by atoms with van der Waals surface area (Å²) in [5.74, 6) is -3.27. The molecular formula is C22H18O7. The molecule has 0 fully saturated rings. The van der Waals surface area contributed by atoms with E-state index < -0.39 is 40.8 Å². The zero-order chi connectivity index (χ0) is 21.0. The number of Topliss-reactive ketones (excluding diaryl/α,β-unsaturated/α-hetero) is 2. The third-order valence-electron chi connectivity index (χ3n) is 4.48. The molecule has 1 atom stereocenters. The third-order valence-corrected chi connectivity index (χ3v) is 4.48. The van der Waals surface area contributed by atoms with Gasteiger partial charge in [0, 0.05) is 11.1 Å². The third kappa shape index (κ3) is 3.86. The summed E-state index contributed by atoms with van der Waals surface area (Å²) in [4.78, 5) is 50.7. The maximum Gasteiger partial charge on any atom is 0.339 e. The lowest BCUT2D eigenvalue weighted by atomic mass is 9.98. The van der Waals surface area contributed by atoms with E-state index in [-0.39, 0.29) is 17.7 Å². The molecule has 29 heavy (non-hydrogen) atoms. The smallest absolute Gasteiger partial charge is 0.339 e. The van der Waals surface area contributed by atoms with E-state index in [9.17, 15) is 19.2 Å². The van der Waals surface area contributed by atoms with E-state index >= 15 is 0 Å². The Morgan fingerprint density at radius 1 is 0.828 bits per heavy atom. The Balaban J connectivity index is 2.09. The van der Waals surface area contributed by atoms with Crippen LogP contribution in [-0.4, -0.2) is 43.8 Å². The van der Waals surface area contributed by atoms with Gasteiger partial charge in [0.2, 0.25) is 0 Å². The second-order valence-electron chi connectivity index (χ2n) is 6.18. The van der Waals surface area contributed by atoms with Crippen LogP contribution >= 0.6 is 0 Å². The summed E-state index contributed by atoms with van der Waals surface area (Å²) in [6.45, 7) is -0.0519. The van der Waals surface area contributed by atoms with E-state index in [0.717, 1.165) is 19.8 Å². The molecule has 7 nitrogen and oxygen atoms in total. The van der Waals surface area contributed by atoms with Crippen LogP contribution in [0.1, 0.15) is 26.3 Å². The second-order valence-corrected chi connectivity index (χ2v) is 6.18. The van der Waals surface area contributed by atoms with Crippen LogP contribution in [0, 0.1) is 0 Å². The molecule has 1 aliphatic carbocycles. The predicted octanol–water partition coefficient (Wildman–Crippen LogP) is 2.29. The van der Waals surface area contributed by atoms with Crippen LogP contribution in [0.25, 0.3) is 0 Å². The van der Waals surface area contributed by atoms with Gasteiger partial charge in [-0.2, -0.15) is 0 Å². The summed E-state index contributed by atoms with van der Waals surface area (Å²) in [5.41, 5.74) is 0.118. The van der Waals surface area contributed by atoms with Gasteiger partial charge in [-0.3, -0.25) is 9.59 Å². The Morgan fingerprint density at radius 3 is 1.90 bits per heavy atom. The van der Waals surface area contributed by atoms with Crippen LogP contribution in [0.2, 0.25) is 0 Å². The number of hydrogen-bond acceptors (Lipinski definition) is 7. The van der Waals surface area contributed by atoms with E-state index in [1.54, 1.807) is 36.4 Å². The maximum atomic E-state index is 12.9. The molecule has 148 valence electrons. The van der Waals surface area contributed by atoms with Crippen molar-refractivity contribution in [1.82, 2.24) is 0 Å². The molecule has 0 aliphatic heterocycles.